The van der Waals surface area contributed by atoms with Crippen LogP contribution < -0.4 is 5.32 Å². The van der Waals surface area contributed by atoms with Crippen molar-refractivity contribution in [2.75, 3.05) is 6.61 Å². The van der Waals surface area contributed by atoms with Gasteiger partial charge in [0, 0.05) is 0 Å². The molecule has 20 heavy (non-hydrogen) atoms. The second-order valence-electron chi connectivity index (χ2n) is 5.08. The fraction of sp³-hybridized carbons (Fsp3) is 0.500. The van der Waals surface area contributed by atoms with Crippen molar-refractivity contribution in [2.24, 2.45) is 0 Å². The van der Waals surface area contributed by atoms with Crippen LogP contribution in [0.5, 0.6) is 0 Å². The predicted octanol–water partition coefficient (Wildman–Crippen LogP) is 1.39. The number of aliphatic hydroxyl groups is 2. The first-order chi connectivity index (χ1) is 9.40. The molecule has 1 saturated carbocycles. The summed E-state index contributed by atoms with van der Waals surface area (Å²) < 4.78 is 27.8. The number of alkyl halides is 2. The zero-order valence-electron chi connectivity index (χ0n) is 10.9. The van der Waals surface area contributed by atoms with Crippen LogP contribution in [0.1, 0.15) is 30.9 Å². The van der Waals surface area contributed by atoms with Gasteiger partial charge in [-0.2, -0.15) is 8.78 Å². The molecule has 1 aliphatic rings. The molecule has 2 rings (SSSR count). The van der Waals surface area contributed by atoms with Crippen molar-refractivity contribution in [1.29, 1.82) is 0 Å². The van der Waals surface area contributed by atoms with Crippen LogP contribution >= 0.6 is 0 Å². The normalized spacial score (nSPS) is 19.0. The fourth-order valence-electron chi connectivity index (χ4n) is 2.21. The molecule has 0 unspecified atom stereocenters. The molecule has 1 fully saturated rings. The van der Waals surface area contributed by atoms with E-state index in [4.69, 9.17) is 0 Å². The number of hydrogen-bond acceptors (Lipinski definition) is 3. The number of hydrogen-bond donors (Lipinski definition) is 3. The van der Waals surface area contributed by atoms with E-state index < -0.39 is 30.1 Å². The van der Waals surface area contributed by atoms with Gasteiger partial charge in [-0.1, -0.05) is 30.3 Å². The lowest BCUT2D eigenvalue weighted by Crippen LogP contribution is -2.61. The number of rotatable bonds is 5. The second kappa shape index (κ2) is 5.46. The molecular formula is C14H17F2NO3. The SMILES string of the molecule is O=C(N[C@H](CO)c1ccccc1)C(F)(F)C1(O)CCC1. The Kier molecular flexibility index (Phi) is 4.06. The summed E-state index contributed by atoms with van der Waals surface area (Å²) in [6, 6.07) is 7.43. The highest BCUT2D eigenvalue weighted by Gasteiger charge is 2.61. The average molecular weight is 285 g/mol. The molecule has 1 aromatic rings. The summed E-state index contributed by atoms with van der Waals surface area (Å²) in [5.41, 5.74) is -1.73. The molecule has 0 spiro atoms. The Hall–Kier alpha value is -1.53. The monoisotopic (exact) mass is 285 g/mol. The van der Waals surface area contributed by atoms with Gasteiger partial charge in [0.2, 0.25) is 0 Å². The molecule has 0 saturated heterocycles. The van der Waals surface area contributed by atoms with Crippen molar-refractivity contribution < 1.29 is 23.8 Å². The molecule has 0 aliphatic heterocycles. The molecule has 0 heterocycles. The number of amides is 1. The Bertz CT molecular complexity index is 475. The maximum absolute atomic E-state index is 13.9. The molecule has 1 amide bonds. The fourth-order valence-corrected chi connectivity index (χ4v) is 2.21. The van der Waals surface area contributed by atoms with Gasteiger partial charge >= 0.3 is 5.92 Å². The van der Waals surface area contributed by atoms with Crippen LogP contribution in [0.4, 0.5) is 8.78 Å². The van der Waals surface area contributed by atoms with E-state index >= 15 is 0 Å². The molecule has 6 heteroatoms. The van der Waals surface area contributed by atoms with E-state index in [1.807, 2.05) is 0 Å². The van der Waals surface area contributed by atoms with Gasteiger partial charge in [0.15, 0.2) is 0 Å². The number of carbonyl (C=O) groups is 1. The quantitative estimate of drug-likeness (QED) is 0.765. The molecule has 1 aliphatic carbocycles. The van der Waals surface area contributed by atoms with Gasteiger partial charge < -0.3 is 15.5 Å². The Morgan fingerprint density at radius 1 is 1.35 bits per heavy atom. The zero-order valence-corrected chi connectivity index (χ0v) is 10.9. The van der Waals surface area contributed by atoms with Crippen LogP contribution in [0, 0.1) is 0 Å². The molecule has 0 aromatic heterocycles. The van der Waals surface area contributed by atoms with E-state index in [1.165, 1.54) is 0 Å². The third-order valence-electron chi connectivity index (χ3n) is 3.74. The lowest BCUT2D eigenvalue weighted by molar-refractivity contribution is -0.216. The van der Waals surface area contributed by atoms with Crippen molar-refractivity contribution in [3.05, 3.63) is 35.9 Å². The summed E-state index contributed by atoms with van der Waals surface area (Å²) in [6.07, 6.45) is 0.284. The summed E-state index contributed by atoms with van der Waals surface area (Å²) in [7, 11) is 0. The van der Waals surface area contributed by atoms with Crippen LogP contribution in [0.2, 0.25) is 0 Å². The summed E-state index contributed by atoms with van der Waals surface area (Å²) in [6.45, 7) is -0.496. The van der Waals surface area contributed by atoms with E-state index in [0.717, 1.165) is 0 Å². The molecule has 1 aromatic carbocycles. The van der Waals surface area contributed by atoms with Crippen LogP contribution in [-0.4, -0.2) is 34.3 Å². The van der Waals surface area contributed by atoms with Crippen LogP contribution in [0.3, 0.4) is 0 Å². The first-order valence-corrected chi connectivity index (χ1v) is 6.48. The topological polar surface area (TPSA) is 69.6 Å². The largest absolute Gasteiger partial charge is 0.394 e. The maximum atomic E-state index is 13.9. The standard InChI is InChI=1S/C14H17F2NO3/c15-14(16,13(20)7-4-8-13)12(19)17-11(9-18)10-5-2-1-3-6-10/h1-3,5-6,11,18,20H,4,7-9H2,(H,17,19)/t11-/m1/s1. The minimum atomic E-state index is -3.85. The lowest BCUT2D eigenvalue weighted by atomic mass is 9.75. The Labute approximate surface area is 115 Å². The first kappa shape index (κ1) is 14.9. The number of benzene rings is 1. The van der Waals surface area contributed by atoms with Crippen molar-refractivity contribution in [3.8, 4) is 0 Å². The van der Waals surface area contributed by atoms with Crippen molar-refractivity contribution in [3.63, 3.8) is 0 Å². The van der Waals surface area contributed by atoms with Crippen molar-refractivity contribution in [2.45, 2.75) is 36.8 Å². The maximum Gasteiger partial charge on any atom is 0.352 e. The molecule has 110 valence electrons. The highest BCUT2D eigenvalue weighted by Crippen LogP contribution is 2.44. The van der Waals surface area contributed by atoms with Gasteiger partial charge in [-0.3, -0.25) is 4.79 Å². The number of nitrogens with one attached hydrogen (secondary N) is 1. The second-order valence-corrected chi connectivity index (χ2v) is 5.08. The van der Waals surface area contributed by atoms with Gasteiger partial charge in [0.05, 0.1) is 12.6 Å². The minimum absolute atomic E-state index is 0.0947. The average Bonchev–Trinajstić information content (AvgIpc) is 2.42. The third kappa shape index (κ3) is 2.53. The minimum Gasteiger partial charge on any atom is -0.394 e. The van der Waals surface area contributed by atoms with E-state index in [2.05, 4.69) is 5.32 Å². The van der Waals surface area contributed by atoms with Gasteiger partial charge in [-0.15, -0.1) is 0 Å². The molecule has 4 nitrogen and oxygen atoms in total. The third-order valence-corrected chi connectivity index (χ3v) is 3.74. The molecule has 3 N–H and O–H groups in total. The molecule has 0 radical (unpaired) electrons. The number of halogens is 2. The Morgan fingerprint density at radius 2 is 1.95 bits per heavy atom. The van der Waals surface area contributed by atoms with E-state index in [9.17, 15) is 23.8 Å². The number of aliphatic hydroxyl groups excluding tert-OH is 1. The Balaban J connectivity index is 2.10. The van der Waals surface area contributed by atoms with E-state index in [-0.39, 0.29) is 12.8 Å². The van der Waals surface area contributed by atoms with Crippen molar-refractivity contribution >= 4 is 5.91 Å². The molecule has 1 atom stereocenters. The predicted molar refractivity (Wildman–Crippen MR) is 68.2 cm³/mol. The summed E-state index contributed by atoms with van der Waals surface area (Å²) in [5.74, 6) is -5.41. The van der Waals surface area contributed by atoms with Gasteiger partial charge in [0.1, 0.15) is 5.60 Å². The molecule has 0 bridgehead atoms. The molecular weight excluding hydrogens is 268 g/mol. The van der Waals surface area contributed by atoms with Crippen LogP contribution in [0.25, 0.3) is 0 Å². The van der Waals surface area contributed by atoms with Gasteiger partial charge in [-0.25, -0.2) is 0 Å². The van der Waals surface area contributed by atoms with Crippen LogP contribution in [-0.2, 0) is 4.79 Å². The smallest absolute Gasteiger partial charge is 0.352 e. The highest BCUT2D eigenvalue weighted by atomic mass is 19.3. The van der Waals surface area contributed by atoms with Crippen molar-refractivity contribution in [1.82, 2.24) is 5.32 Å². The Morgan fingerprint density at radius 3 is 2.40 bits per heavy atom. The summed E-state index contributed by atoms with van der Waals surface area (Å²) in [5, 5.41) is 21.0. The summed E-state index contributed by atoms with van der Waals surface area (Å²) >= 11 is 0. The van der Waals surface area contributed by atoms with Crippen LogP contribution in [0.15, 0.2) is 30.3 Å². The van der Waals surface area contributed by atoms with E-state index in [1.54, 1.807) is 30.3 Å². The van der Waals surface area contributed by atoms with Gasteiger partial charge in [-0.05, 0) is 24.8 Å². The van der Waals surface area contributed by atoms with E-state index in [0.29, 0.717) is 12.0 Å². The highest BCUT2D eigenvalue weighted by molar-refractivity contribution is 5.85. The zero-order chi connectivity index (χ0) is 14.8. The lowest BCUT2D eigenvalue weighted by Gasteiger charge is -2.41. The first-order valence-electron chi connectivity index (χ1n) is 6.48. The summed E-state index contributed by atoms with van der Waals surface area (Å²) in [4.78, 5) is 11.7. The van der Waals surface area contributed by atoms with Gasteiger partial charge in [0.25, 0.3) is 5.91 Å². The number of carbonyl (C=O) groups excluding carboxylic acids is 1.